The molecule has 3 aromatic rings. The molecule has 0 unspecified atom stereocenters. The van der Waals surface area contributed by atoms with Gasteiger partial charge in [0.25, 0.3) is 5.91 Å². The zero-order valence-electron chi connectivity index (χ0n) is 15.0. The molecule has 7 heteroatoms. The molecular weight excluding hydrogens is 345 g/mol. The molecule has 0 radical (unpaired) electrons. The lowest BCUT2D eigenvalue weighted by Gasteiger charge is -2.17. The van der Waals surface area contributed by atoms with Crippen LogP contribution < -0.4 is 5.32 Å². The summed E-state index contributed by atoms with van der Waals surface area (Å²) < 4.78 is 13.3. The molecule has 1 amide bonds. The molecule has 1 fully saturated rings. The third-order valence-corrected chi connectivity index (χ3v) is 4.81. The van der Waals surface area contributed by atoms with Gasteiger partial charge in [-0.05, 0) is 49.6 Å². The monoisotopic (exact) mass is 367 g/mol. The van der Waals surface area contributed by atoms with E-state index in [9.17, 15) is 9.18 Å². The number of aryl methyl sites for hydroxylation is 1. The van der Waals surface area contributed by atoms with E-state index in [1.165, 1.54) is 12.1 Å². The molecule has 2 aromatic heterocycles. The van der Waals surface area contributed by atoms with Gasteiger partial charge in [0.1, 0.15) is 17.5 Å². The van der Waals surface area contributed by atoms with Crippen LogP contribution in [0.4, 0.5) is 10.2 Å². The molecule has 2 N–H and O–H groups in total. The van der Waals surface area contributed by atoms with E-state index in [-0.39, 0.29) is 11.7 Å². The molecule has 0 aliphatic carbocycles. The van der Waals surface area contributed by atoms with Crippen LogP contribution in [0.25, 0.3) is 11.0 Å². The van der Waals surface area contributed by atoms with Gasteiger partial charge in [0, 0.05) is 32.3 Å². The second kappa shape index (κ2) is 7.73. The van der Waals surface area contributed by atoms with Gasteiger partial charge in [-0.15, -0.1) is 0 Å². The average Bonchev–Trinajstić information content (AvgIpc) is 3.34. The molecule has 27 heavy (non-hydrogen) atoms. The highest BCUT2D eigenvalue weighted by molar-refractivity contribution is 5.98. The average molecular weight is 367 g/mol. The number of halogens is 1. The predicted octanol–water partition coefficient (Wildman–Crippen LogP) is 3.38. The van der Waals surface area contributed by atoms with Gasteiger partial charge >= 0.3 is 0 Å². The molecule has 1 aromatic carbocycles. The van der Waals surface area contributed by atoms with Crippen LogP contribution in [-0.2, 0) is 6.42 Å². The van der Waals surface area contributed by atoms with Crippen molar-refractivity contribution in [3.05, 3.63) is 53.7 Å². The Morgan fingerprint density at radius 2 is 2.11 bits per heavy atom. The van der Waals surface area contributed by atoms with Crippen molar-refractivity contribution in [3.8, 4) is 0 Å². The van der Waals surface area contributed by atoms with E-state index < -0.39 is 0 Å². The SMILES string of the molecule is O=C(c1cccnc1NCCCc1nc2ccc(F)cc2[nH]1)N1CCCC1. The van der Waals surface area contributed by atoms with Crippen molar-refractivity contribution in [3.63, 3.8) is 0 Å². The zero-order valence-corrected chi connectivity index (χ0v) is 15.0. The summed E-state index contributed by atoms with van der Waals surface area (Å²) in [6, 6.07) is 8.15. The topological polar surface area (TPSA) is 73.9 Å². The number of nitrogens with one attached hydrogen (secondary N) is 2. The number of anilines is 1. The number of fused-ring (bicyclic) bond motifs is 1. The molecule has 0 saturated carbocycles. The zero-order chi connectivity index (χ0) is 18.6. The summed E-state index contributed by atoms with van der Waals surface area (Å²) in [4.78, 5) is 26.5. The van der Waals surface area contributed by atoms with Gasteiger partial charge in [-0.25, -0.2) is 14.4 Å². The van der Waals surface area contributed by atoms with Crippen LogP contribution in [0.3, 0.4) is 0 Å². The number of hydrogen-bond donors (Lipinski definition) is 2. The first-order chi connectivity index (χ1) is 13.2. The van der Waals surface area contributed by atoms with Gasteiger partial charge < -0.3 is 15.2 Å². The Morgan fingerprint density at radius 1 is 1.26 bits per heavy atom. The molecule has 3 heterocycles. The molecule has 0 spiro atoms. The Morgan fingerprint density at radius 3 is 2.96 bits per heavy atom. The number of amides is 1. The number of imidazole rings is 1. The molecule has 6 nitrogen and oxygen atoms in total. The summed E-state index contributed by atoms with van der Waals surface area (Å²) in [5.74, 6) is 1.22. The largest absolute Gasteiger partial charge is 0.369 e. The van der Waals surface area contributed by atoms with Gasteiger partial charge in [-0.3, -0.25) is 4.79 Å². The highest BCUT2D eigenvalue weighted by Gasteiger charge is 2.22. The number of aromatic amines is 1. The maximum absolute atomic E-state index is 13.3. The molecular formula is C20H22FN5O. The van der Waals surface area contributed by atoms with E-state index in [4.69, 9.17) is 0 Å². The van der Waals surface area contributed by atoms with Gasteiger partial charge in [0.2, 0.25) is 0 Å². The van der Waals surface area contributed by atoms with Crippen LogP contribution in [0.15, 0.2) is 36.5 Å². The molecule has 1 aliphatic heterocycles. The third-order valence-electron chi connectivity index (χ3n) is 4.81. The fraction of sp³-hybridized carbons (Fsp3) is 0.350. The van der Waals surface area contributed by atoms with E-state index in [1.54, 1.807) is 18.3 Å². The number of rotatable bonds is 6. The van der Waals surface area contributed by atoms with Crippen LogP contribution in [0.1, 0.15) is 35.4 Å². The maximum Gasteiger partial charge on any atom is 0.257 e. The standard InChI is InChI=1S/C20H22FN5O/c21-14-7-8-16-17(13-14)25-18(24-16)6-4-10-23-19-15(5-3-9-22-19)20(27)26-11-1-2-12-26/h3,5,7-9,13H,1-2,4,6,10-12H2,(H,22,23)(H,24,25). The lowest BCUT2D eigenvalue weighted by atomic mass is 10.2. The molecule has 1 saturated heterocycles. The lowest BCUT2D eigenvalue weighted by molar-refractivity contribution is 0.0793. The Bertz CT molecular complexity index is 948. The Hall–Kier alpha value is -2.96. The number of pyridine rings is 1. The van der Waals surface area contributed by atoms with Crippen molar-refractivity contribution in [2.45, 2.75) is 25.7 Å². The summed E-state index contributed by atoms with van der Waals surface area (Å²) in [5.41, 5.74) is 2.10. The van der Waals surface area contributed by atoms with Crippen molar-refractivity contribution in [1.82, 2.24) is 19.9 Å². The number of likely N-dealkylation sites (tertiary alicyclic amines) is 1. The highest BCUT2D eigenvalue weighted by atomic mass is 19.1. The number of benzene rings is 1. The van der Waals surface area contributed by atoms with E-state index in [0.29, 0.717) is 23.4 Å². The first-order valence-corrected chi connectivity index (χ1v) is 9.33. The summed E-state index contributed by atoms with van der Waals surface area (Å²) in [5, 5.41) is 3.27. The van der Waals surface area contributed by atoms with Gasteiger partial charge in [-0.2, -0.15) is 0 Å². The van der Waals surface area contributed by atoms with Crippen molar-refractivity contribution < 1.29 is 9.18 Å². The van der Waals surface area contributed by atoms with Gasteiger partial charge in [0.05, 0.1) is 16.6 Å². The number of carbonyl (C=O) groups is 1. The van der Waals surface area contributed by atoms with Crippen LogP contribution in [0.5, 0.6) is 0 Å². The van der Waals surface area contributed by atoms with Crippen molar-refractivity contribution in [2.75, 3.05) is 25.0 Å². The van der Waals surface area contributed by atoms with E-state index >= 15 is 0 Å². The molecule has 0 atom stereocenters. The van der Waals surface area contributed by atoms with Crippen LogP contribution in [0, 0.1) is 5.82 Å². The fourth-order valence-electron chi connectivity index (χ4n) is 3.43. The van der Waals surface area contributed by atoms with Gasteiger partial charge in [0.15, 0.2) is 0 Å². The smallest absolute Gasteiger partial charge is 0.257 e. The fourth-order valence-corrected chi connectivity index (χ4v) is 3.43. The first kappa shape index (κ1) is 17.5. The van der Waals surface area contributed by atoms with E-state index in [0.717, 1.165) is 50.1 Å². The second-order valence-electron chi connectivity index (χ2n) is 6.77. The Kier molecular flexibility index (Phi) is 5.00. The van der Waals surface area contributed by atoms with Crippen molar-refractivity contribution in [1.29, 1.82) is 0 Å². The minimum atomic E-state index is -0.273. The minimum absolute atomic E-state index is 0.0439. The minimum Gasteiger partial charge on any atom is -0.369 e. The molecule has 4 rings (SSSR count). The Balaban J connectivity index is 1.35. The third kappa shape index (κ3) is 3.92. The van der Waals surface area contributed by atoms with E-state index in [2.05, 4.69) is 20.3 Å². The molecule has 0 bridgehead atoms. The summed E-state index contributed by atoms with van der Waals surface area (Å²) in [7, 11) is 0. The highest BCUT2D eigenvalue weighted by Crippen LogP contribution is 2.18. The second-order valence-corrected chi connectivity index (χ2v) is 6.77. The van der Waals surface area contributed by atoms with Crippen molar-refractivity contribution in [2.24, 2.45) is 0 Å². The number of nitrogens with zero attached hydrogens (tertiary/aromatic N) is 3. The Labute approximate surface area is 156 Å². The number of carbonyl (C=O) groups excluding carboxylic acids is 1. The normalized spacial score (nSPS) is 14.0. The van der Waals surface area contributed by atoms with Crippen LogP contribution in [-0.4, -0.2) is 45.4 Å². The molecule has 140 valence electrons. The summed E-state index contributed by atoms with van der Waals surface area (Å²) in [6.07, 6.45) is 5.37. The van der Waals surface area contributed by atoms with Crippen LogP contribution >= 0.6 is 0 Å². The number of H-pyrrole nitrogens is 1. The maximum atomic E-state index is 13.3. The summed E-state index contributed by atoms with van der Waals surface area (Å²) in [6.45, 7) is 2.31. The van der Waals surface area contributed by atoms with Gasteiger partial charge in [-0.1, -0.05) is 0 Å². The first-order valence-electron chi connectivity index (χ1n) is 9.33. The lowest BCUT2D eigenvalue weighted by Crippen LogP contribution is -2.28. The predicted molar refractivity (Wildman–Crippen MR) is 102 cm³/mol. The van der Waals surface area contributed by atoms with E-state index in [1.807, 2.05) is 11.0 Å². The number of aromatic nitrogens is 3. The summed E-state index contributed by atoms with van der Waals surface area (Å²) >= 11 is 0. The molecule has 1 aliphatic rings. The quantitative estimate of drug-likeness (QED) is 0.655. The number of hydrogen-bond acceptors (Lipinski definition) is 4. The van der Waals surface area contributed by atoms with Crippen LogP contribution in [0.2, 0.25) is 0 Å². The van der Waals surface area contributed by atoms with Crippen molar-refractivity contribution >= 4 is 22.8 Å².